The van der Waals surface area contributed by atoms with Gasteiger partial charge in [-0.15, -0.1) is 0 Å². The van der Waals surface area contributed by atoms with Crippen LogP contribution in [-0.2, 0) is 9.47 Å². The second-order valence-corrected chi connectivity index (χ2v) is 13.3. The maximum atomic E-state index is 9.42. The number of aliphatic hydroxyl groups is 1. The van der Waals surface area contributed by atoms with Gasteiger partial charge in [-0.3, -0.25) is 0 Å². The molecule has 5 N–H and O–H groups in total. The van der Waals surface area contributed by atoms with Crippen molar-refractivity contribution in [2.45, 2.75) is 110 Å². The van der Waals surface area contributed by atoms with Crippen LogP contribution < -0.4 is 11.5 Å². The van der Waals surface area contributed by atoms with E-state index in [9.17, 15) is 5.11 Å². The summed E-state index contributed by atoms with van der Waals surface area (Å²) >= 11 is 0. The quantitative estimate of drug-likeness (QED) is 0.329. The zero-order chi connectivity index (χ0) is 25.1. The van der Waals surface area contributed by atoms with Crippen LogP contribution >= 0.6 is 0 Å². The van der Waals surface area contributed by atoms with Crippen LogP contribution in [0.2, 0.25) is 0 Å². The molecule has 0 aromatic heterocycles. The van der Waals surface area contributed by atoms with Crippen LogP contribution in [0.4, 0.5) is 0 Å². The Morgan fingerprint density at radius 2 is 1.54 bits per heavy atom. The topological polar surface area (TPSA) is 90.7 Å². The maximum absolute atomic E-state index is 9.42. The largest absolute Gasteiger partial charge is 0.396 e. The van der Waals surface area contributed by atoms with E-state index in [0.717, 1.165) is 50.2 Å². The third kappa shape index (κ3) is 5.50. The van der Waals surface area contributed by atoms with Gasteiger partial charge in [0.25, 0.3) is 0 Å². The first-order valence-corrected chi connectivity index (χ1v) is 15.1. The number of hydrogen-bond acceptors (Lipinski definition) is 5. The third-order valence-corrected chi connectivity index (χ3v) is 11.6. The fourth-order valence-electron chi connectivity index (χ4n) is 9.73. The summed E-state index contributed by atoms with van der Waals surface area (Å²) in [6.07, 6.45) is 15.2. The molecule has 4 aliphatic carbocycles. The first-order chi connectivity index (χ1) is 16.9. The molecule has 0 saturated heterocycles. The molecule has 204 valence electrons. The number of nitrogens with two attached hydrogens (primary N) is 2. The Morgan fingerprint density at radius 3 is 2.26 bits per heavy atom. The molecule has 10 atom stereocenters. The van der Waals surface area contributed by atoms with Crippen LogP contribution in [0.3, 0.4) is 0 Å². The zero-order valence-electron chi connectivity index (χ0n) is 23.1. The van der Waals surface area contributed by atoms with E-state index in [1.54, 1.807) is 0 Å². The van der Waals surface area contributed by atoms with Crippen molar-refractivity contribution in [2.24, 2.45) is 57.8 Å². The lowest BCUT2D eigenvalue weighted by molar-refractivity contribution is -0.191. The molecule has 4 saturated carbocycles. The molecule has 0 aromatic rings. The first kappa shape index (κ1) is 27.8. The van der Waals surface area contributed by atoms with Gasteiger partial charge in [-0.1, -0.05) is 20.8 Å². The minimum Gasteiger partial charge on any atom is -0.396 e. The van der Waals surface area contributed by atoms with Gasteiger partial charge in [0, 0.05) is 19.8 Å². The molecule has 4 rings (SSSR count). The van der Waals surface area contributed by atoms with E-state index in [-0.39, 0.29) is 0 Å². The second kappa shape index (κ2) is 12.1. The number of fused-ring (bicyclic) bond motifs is 5. The lowest BCUT2D eigenvalue weighted by atomic mass is 9.43. The van der Waals surface area contributed by atoms with E-state index in [1.807, 2.05) is 0 Å². The molecule has 0 bridgehead atoms. The van der Waals surface area contributed by atoms with Crippen molar-refractivity contribution < 1.29 is 14.6 Å². The number of rotatable bonds is 12. The van der Waals surface area contributed by atoms with Gasteiger partial charge in [-0.2, -0.15) is 0 Å². The number of hydrogen-bond donors (Lipinski definition) is 3. The molecule has 0 spiro atoms. The van der Waals surface area contributed by atoms with E-state index < -0.39 is 0 Å². The zero-order valence-corrected chi connectivity index (χ0v) is 23.1. The Labute approximate surface area is 215 Å². The van der Waals surface area contributed by atoms with Crippen molar-refractivity contribution in [3.8, 4) is 0 Å². The molecular weight excluding hydrogens is 436 g/mol. The Hall–Kier alpha value is -0.200. The lowest BCUT2D eigenvalue weighted by Crippen LogP contribution is -2.59. The summed E-state index contributed by atoms with van der Waals surface area (Å²) in [5.74, 6) is 4.45. The van der Waals surface area contributed by atoms with Crippen molar-refractivity contribution in [1.82, 2.24) is 0 Å². The van der Waals surface area contributed by atoms with Crippen LogP contribution in [0.5, 0.6) is 0 Å². The van der Waals surface area contributed by atoms with Gasteiger partial charge >= 0.3 is 0 Å². The third-order valence-electron chi connectivity index (χ3n) is 11.6. The molecule has 5 nitrogen and oxygen atoms in total. The molecule has 5 heteroatoms. The van der Waals surface area contributed by atoms with E-state index in [1.165, 1.54) is 57.8 Å². The van der Waals surface area contributed by atoms with Gasteiger partial charge in [0.1, 0.15) is 0 Å². The predicted molar refractivity (Wildman–Crippen MR) is 143 cm³/mol. The summed E-state index contributed by atoms with van der Waals surface area (Å²) < 4.78 is 13.1. The Kier molecular flexibility index (Phi) is 9.63. The lowest BCUT2D eigenvalue weighted by Gasteiger charge is -2.63. The fraction of sp³-hybridized carbons (Fsp3) is 1.00. The van der Waals surface area contributed by atoms with Gasteiger partial charge in [0.2, 0.25) is 0 Å². The van der Waals surface area contributed by atoms with Crippen LogP contribution in [0, 0.1) is 46.3 Å². The normalized spacial score (nSPS) is 43.9. The van der Waals surface area contributed by atoms with Crippen LogP contribution in [0.25, 0.3) is 0 Å². The van der Waals surface area contributed by atoms with E-state index >= 15 is 0 Å². The SMILES string of the molecule is C[C@H](CCCO)C1CCC2C3C(CCC21C)C1(C)CCC(OCCCN)CC1C[C@H]3OCCCN. The van der Waals surface area contributed by atoms with Gasteiger partial charge in [0.15, 0.2) is 0 Å². The van der Waals surface area contributed by atoms with Gasteiger partial charge in [-0.25, -0.2) is 0 Å². The first-order valence-electron chi connectivity index (χ1n) is 15.1. The van der Waals surface area contributed by atoms with Gasteiger partial charge in [0.05, 0.1) is 12.2 Å². The molecular formula is C30H56N2O3. The fourth-order valence-corrected chi connectivity index (χ4v) is 9.73. The summed E-state index contributed by atoms with van der Waals surface area (Å²) in [5.41, 5.74) is 12.4. The minimum absolute atomic E-state index is 0.329. The summed E-state index contributed by atoms with van der Waals surface area (Å²) in [6.45, 7) is 11.1. The van der Waals surface area contributed by atoms with Crippen molar-refractivity contribution in [3.05, 3.63) is 0 Å². The van der Waals surface area contributed by atoms with Crippen LogP contribution in [-0.4, -0.2) is 50.2 Å². The summed E-state index contributed by atoms with van der Waals surface area (Å²) in [5, 5.41) is 9.42. The van der Waals surface area contributed by atoms with Gasteiger partial charge < -0.3 is 26.0 Å². The molecule has 8 unspecified atom stereocenters. The average molecular weight is 493 g/mol. The molecule has 4 aliphatic rings. The highest BCUT2D eigenvalue weighted by Crippen LogP contribution is 2.68. The maximum Gasteiger partial charge on any atom is 0.0611 e. The monoisotopic (exact) mass is 492 g/mol. The number of aliphatic hydroxyl groups excluding tert-OH is 1. The summed E-state index contributed by atoms with van der Waals surface area (Å²) in [7, 11) is 0. The molecule has 35 heavy (non-hydrogen) atoms. The van der Waals surface area contributed by atoms with Crippen molar-refractivity contribution in [1.29, 1.82) is 0 Å². The molecule has 0 aliphatic heterocycles. The second-order valence-electron chi connectivity index (χ2n) is 13.3. The highest BCUT2D eigenvalue weighted by Gasteiger charge is 2.63. The van der Waals surface area contributed by atoms with E-state index in [2.05, 4.69) is 20.8 Å². The van der Waals surface area contributed by atoms with Crippen molar-refractivity contribution in [2.75, 3.05) is 32.9 Å². The summed E-state index contributed by atoms with van der Waals surface area (Å²) in [4.78, 5) is 0. The average Bonchev–Trinajstić information content (AvgIpc) is 3.20. The highest BCUT2D eigenvalue weighted by molar-refractivity contribution is 5.12. The predicted octanol–water partition coefficient (Wildman–Crippen LogP) is 5.13. The van der Waals surface area contributed by atoms with Crippen LogP contribution in [0.1, 0.15) is 97.8 Å². The van der Waals surface area contributed by atoms with Gasteiger partial charge in [-0.05, 0) is 136 Å². The molecule has 0 aromatic carbocycles. The van der Waals surface area contributed by atoms with E-state index in [0.29, 0.717) is 60.5 Å². The Balaban J connectivity index is 1.54. The smallest absolute Gasteiger partial charge is 0.0611 e. The minimum atomic E-state index is 0.329. The Morgan fingerprint density at radius 1 is 0.857 bits per heavy atom. The molecule has 0 amide bonds. The Bertz CT molecular complexity index is 662. The summed E-state index contributed by atoms with van der Waals surface area (Å²) in [6, 6.07) is 0. The van der Waals surface area contributed by atoms with Crippen molar-refractivity contribution in [3.63, 3.8) is 0 Å². The van der Waals surface area contributed by atoms with E-state index in [4.69, 9.17) is 20.9 Å². The molecule has 0 radical (unpaired) electrons. The molecule has 4 fully saturated rings. The highest BCUT2D eigenvalue weighted by atomic mass is 16.5. The van der Waals surface area contributed by atoms with Crippen molar-refractivity contribution >= 4 is 0 Å². The molecule has 0 heterocycles. The van der Waals surface area contributed by atoms with Crippen LogP contribution in [0.15, 0.2) is 0 Å². The number of ether oxygens (including phenoxy) is 2. The standard InChI is InChI=1S/C30H56N2O3/c1-21(7-4-16-33)24-8-9-25-28-26(11-13-30(24,25)3)29(2)12-10-23(34-17-5-14-31)19-22(29)20-27(28)35-18-6-15-32/h21-28,33H,4-20,31-32H2,1-3H3/t21-,22?,23?,24?,25?,26?,27-,28?,29?,30?/m1/s1.